The van der Waals surface area contributed by atoms with Crippen LogP contribution in [0.3, 0.4) is 0 Å². The molecule has 0 aliphatic carbocycles. The molecule has 1 aromatic rings. The molecule has 26 heavy (non-hydrogen) atoms. The van der Waals surface area contributed by atoms with Crippen LogP contribution < -0.4 is 10.6 Å². The number of likely N-dealkylation sites (tertiary alicyclic amines) is 1. The van der Waals surface area contributed by atoms with Crippen LogP contribution in [0.4, 0.5) is 0 Å². The minimum Gasteiger partial charge on any atom is -0.357 e. The van der Waals surface area contributed by atoms with Crippen LogP contribution in [0.1, 0.15) is 31.7 Å². The van der Waals surface area contributed by atoms with Crippen LogP contribution in [-0.2, 0) is 16.6 Å². The van der Waals surface area contributed by atoms with Gasteiger partial charge in [0.15, 0.2) is 5.96 Å². The molecule has 5 nitrogen and oxygen atoms in total. The molecule has 1 aliphatic heterocycles. The Morgan fingerprint density at radius 1 is 1.15 bits per heavy atom. The fraction of sp³-hybridized carbons (Fsp3) is 0.632. The Morgan fingerprint density at radius 3 is 2.58 bits per heavy atom. The Morgan fingerprint density at radius 2 is 1.88 bits per heavy atom. The van der Waals surface area contributed by atoms with Gasteiger partial charge in [-0.05, 0) is 38.4 Å². The van der Waals surface area contributed by atoms with Gasteiger partial charge in [-0.15, -0.1) is 24.0 Å². The molecule has 148 valence electrons. The molecule has 1 aromatic carbocycles. The highest BCUT2D eigenvalue weighted by Gasteiger charge is 2.09. The van der Waals surface area contributed by atoms with E-state index in [-0.39, 0.29) is 24.0 Å². The van der Waals surface area contributed by atoms with Crippen molar-refractivity contribution in [1.29, 1.82) is 0 Å². The summed E-state index contributed by atoms with van der Waals surface area (Å²) in [6.07, 6.45) is 3.99. The minimum absolute atomic E-state index is 0. The standard InChI is InChI=1S/C19H32N4OS.HI/c1-2-20-19(21-11-15-23-13-7-4-8-14-23)22-12-16-25(24)17-18-9-5-3-6-10-18;/h3,5-6,9-10H,2,4,7-8,11-17H2,1H3,(H2,20,21,22);1H. The molecule has 1 fully saturated rings. The number of benzene rings is 1. The molecule has 2 rings (SSSR count). The van der Waals surface area contributed by atoms with Crippen LogP contribution in [0.2, 0.25) is 0 Å². The molecule has 7 heteroatoms. The molecule has 2 N–H and O–H groups in total. The molecular formula is C19H33IN4OS. The van der Waals surface area contributed by atoms with Crippen LogP contribution in [0, 0.1) is 0 Å². The maximum absolute atomic E-state index is 12.2. The van der Waals surface area contributed by atoms with Crippen LogP contribution in [0.25, 0.3) is 0 Å². The van der Waals surface area contributed by atoms with Gasteiger partial charge < -0.3 is 15.5 Å². The third-order valence-corrected chi connectivity index (χ3v) is 5.59. The molecule has 0 radical (unpaired) electrons. The maximum atomic E-state index is 12.2. The predicted molar refractivity (Wildman–Crippen MR) is 123 cm³/mol. The summed E-state index contributed by atoms with van der Waals surface area (Å²) in [7, 11) is -0.854. The zero-order valence-corrected chi connectivity index (χ0v) is 18.9. The average Bonchev–Trinajstić information content (AvgIpc) is 2.63. The van der Waals surface area contributed by atoms with E-state index in [1.165, 1.54) is 32.4 Å². The number of halogens is 1. The average molecular weight is 492 g/mol. The Hall–Kier alpha value is -0.670. The molecule has 1 aliphatic rings. The summed E-state index contributed by atoms with van der Waals surface area (Å²) in [5, 5.41) is 6.57. The van der Waals surface area contributed by atoms with Gasteiger partial charge in [-0.1, -0.05) is 36.8 Å². The van der Waals surface area contributed by atoms with E-state index >= 15 is 0 Å². The first-order valence-corrected chi connectivity index (χ1v) is 10.9. The number of aliphatic imine (C=N–C) groups is 1. The van der Waals surface area contributed by atoms with E-state index in [1.807, 2.05) is 30.3 Å². The van der Waals surface area contributed by atoms with Gasteiger partial charge >= 0.3 is 0 Å². The SMILES string of the molecule is CCNC(=NCCN1CCCCC1)NCCS(=O)Cc1ccccc1.I. The van der Waals surface area contributed by atoms with Crippen molar-refractivity contribution in [3.63, 3.8) is 0 Å². The van der Waals surface area contributed by atoms with Crippen molar-refractivity contribution in [2.24, 2.45) is 4.99 Å². The number of hydrogen-bond acceptors (Lipinski definition) is 3. The molecule has 1 unspecified atom stereocenters. The van der Waals surface area contributed by atoms with Crippen molar-refractivity contribution in [3.05, 3.63) is 35.9 Å². The largest absolute Gasteiger partial charge is 0.357 e. The second-order valence-corrected chi connectivity index (χ2v) is 7.94. The van der Waals surface area contributed by atoms with Crippen molar-refractivity contribution in [2.45, 2.75) is 31.9 Å². The van der Waals surface area contributed by atoms with Gasteiger partial charge in [0.2, 0.25) is 0 Å². The summed E-state index contributed by atoms with van der Waals surface area (Å²) in [6, 6.07) is 10.0. The quantitative estimate of drug-likeness (QED) is 0.316. The van der Waals surface area contributed by atoms with E-state index in [4.69, 9.17) is 0 Å². The lowest BCUT2D eigenvalue weighted by molar-refractivity contribution is 0.235. The zero-order valence-electron chi connectivity index (χ0n) is 15.8. The fourth-order valence-electron chi connectivity index (χ4n) is 2.94. The Balaban J connectivity index is 0.00000338. The summed E-state index contributed by atoms with van der Waals surface area (Å²) in [4.78, 5) is 7.13. The van der Waals surface area contributed by atoms with Crippen molar-refractivity contribution >= 4 is 40.7 Å². The Kier molecular flexibility index (Phi) is 12.9. The molecule has 0 aromatic heterocycles. The summed E-state index contributed by atoms with van der Waals surface area (Å²) < 4.78 is 12.2. The van der Waals surface area contributed by atoms with Gasteiger partial charge in [0.05, 0.1) is 6.54 Å². The van der Waals surface area contributed by atoms with Gasteiger partial charge in [-0.2, -0.15) is 0 Å². The monoisotopic (exact) mass is 492 g/mol. The lowest BCUT2D eigenvalue weighted by Gasteiger charge is -2.25. The lowest BCUT2D eigenvalue weighted by atomic mass is 10.1. The van der Waals surface area contributed by atoms with Crippen molar-refractivity contribution in [3.8, 4) is 0 Å². The highest BCUT2D eigenvalue weighted by molar-refractivity contribution is 14.0. The molecule has 0 spiro atoms. The molecule has 1 atom stereocenters. The number of rotatable bonds is 9. The first kappa shape index (κ1) is 23.4. The lowest BCUT2D eigenvalue weighted by Crippen LogP contribution is -2.40. The minimum atomic E-state index is -0.854. The highest BCUT2D eigenvalue weighted by atomic mass is 127. The van der Waals surface area contributed by atoms with Gasteiger partial charge in [-0.25, -0.2) is 0 Å². The number of hydrogen-bond donors (Lipinski definition) is 2. The number of piperidine rings is 1. The molecule has 1 saturated heterocycles. The van der Waals surface area contributed by atoms with Crippen molar-refractivity contribution in [1.82, 2.24) is 15.5 Å². The number of nitrogens with zero attached hydrogens (tertiary/aromatic N) is 2. The van der Waals surface area contributed by atoms with Crippen LogP contribution >= 0.6 is 24.0 Å². The summed E-state index contributed by atoms with van der Waals surface area (Å²) >= 11 is 0. The number of nitrogens with one attached hydrogen (secondary N) is 2. The van der Waals surface area contributed by atoms with Crippen LogP contribution in [0.15, 0.2) is 35.3 Å². The maximum Gasteiger partial charge on any atom is 0.191 e. The van der Waals surface area contributed by atoms with Gasteiger partial charge in [0.1, 0.15) is 0 Å². The smallest absolute Gasteiger partial charge is 0.191 e. The molecule has 0 bridgehead atoms. The van der Waals surface area contributed by atoms with Gasteiger partial charge in [0.25, 0.3) is 0 Å². The normalized spacial score (nSPS) is 16.6. The highest BCUT2D eigenvalue weighted by Crippen LogP contribution is 2.07. The second-order valence-electron chi connectivity index (χ2n) is 6.36. The predicted octanol–water partition coefficient (Wildman–Crippen LogP) is 2.59. The van der Waals surface area contributed by atoms with Gasteiger partial charge in [0, 0.05) is 41.9 Å². The molecule has 1 heterocycles. The van der Waals surface area contributed by atoms with Crippen molar-refractivity contribution < 1.29 is 4.21 Å². The molecular weight excluding hydrogens is 459 g/mol. The first-order chi connectivity index (χ1) is 12.3. The van der Waals surface area contributed by atoms with E-state index < -0.39 is 10.8 Å². The Bertz CT molecular complexity index is 536. The van der Waals surface area contributed by atoms with E-state index in [0.29, 0.717) is 18.1 Å². The third kappa shape index (κ3) is 9.87. The summed E-state index contributed by atoms with van der Waals surface area (Å²) in [5.41, 5.74) is 1.13. The van der Waals surface area contributed by atoms with E-state index in [2.05, 4.69) is 27.4 Å². The molecule has 0 saturated carbocycles. The first-order valence-electron chi connectivity index (χ1n) is 9.41. The molecule has 0 amide bonds. The fourth-order valence-corrected chi connectivity index (χ4v) is 3.98. The van der Waals surface area contributed by atoms with Crippen LogP contribution in [-0.4, -0.2) is 60.1 Å². The Labute approximate surface area is 177 Å². The second kappa shape index (κ2) is 14.4. The number of guanidine groups is 1. The van der Waals surface area contributed by atoms with Crippen LogP contribution in [0.5, 0.6) is 0 Å². The third-order valence-electron chi connectivity index (χ3n) is 4.27. The topological polar surface area (TPSA) is 56.7 Å². The van der Waals surface area contributed by atoms with E-state index in [9.17, 15) is 4.21 Å². The summed E-state index contributed by atoms with van der Waals surface area (Å²) in [5.74, 6) is 2.08. The summed E-state index contributed by atoms with van der Waals surface area (Å²) in [6.45, 7) is 7.82. The van der Waals surface area contributed by atoms with Gasteiger partial charge in [-0.3, -0.25) is 9.20 Å². The van der Waals surface area contributed by atoms with Crippen molar-refractivity contribution in [2.75, 3.05) is 45.0 Å². The zero-order chi connectivity index (χ0) is 17.7. The van der Waals surface area contributed by atoms with E-state index in [0.717, 1.165) is 31.2 Å². The van der Waals surface area contributed by atoms with E-state index in [1.54, 1.807) is 0 Å².